The fraction of sp³-hybridized carbons (Fsp3) is 0.105. The number of guanidine groups is 1. The summed E-state index contributed by atoms with van der Waals surface area (Å²) in [5.41, 5.74) is 7.92. The molecule has 1 amide bonds. The van der Waals surface area contributed by atoms with Crippen LogP contribution in [-0.4, -0.2) is 28.0 Å². The van der Waals surface area contributed by atoms with E-state index in [1.54, 1.807) is 11.0 Å². The summed E-state index contributed by atoms with van der Waals surface area (Å²) in [7, 11) is 0. The zero-order valence-electron chi connectivity index (χ0n) is 13.9. The van der Waals surface area contributed by atoms with Gasteiger partial charge >= 0.3 is 0 Å². The first-order chi connectivity index (χ1) is 12.7. The third-order valence-corrected chi connectivity index (χ3v) is 4.83. The zero-order valence-corrected chi connectivity index (χ0v) is 13.9. The van der Waals surface area contributed by atoms with Gasteiger partial charge < -0.3 is 10.6 Å². The molecule has 2 aliphatic rings. The number of para-hydroxylation sites is 3. The molecule has 1 spiro atoms. The summed E-state index contributed by atoms with van der Waals surface area (Å²) in [5, 5.41) is 2.99. The van der Waals surface area contributed by atoms with Crippen LogP contribution >= 0.6 is 0 Å². The summed E-state index contributed by atoms with van der Waals surface area (Å²) in [6, 6.07) is 15.3. The van der Waals surface area contributed by atoms with Gasteiger partial charge in [0.05, 0.1) is 16.7 Å². The van der Waals surface area contributed by atoms with Crippen LogP contribution in [0, 0.1) is 0 Å². The van der Waals surface area contributed by atoms with Crippen molar-refractivity contribution >= 4 is 34.5 Å². The van der Waals surface area contributed by atoms with Gasteiger partial charge in [-0.3, -0.25) is 14.7 Å². The second kappa shape index (κ2) is 4.95. The lowest BCUT2D eigenvalue weighted by atomic mass is 10.00. The van der Waals surface area contributed by atoms with Gasteiger partial charge in [-0.1, -0.05) is 36.4 Å². The number of carbonyl (C=O) groups excluding carboxylic acids is 1. The van der Waals surface area contributed by atoms with Crippen LogP contribution in [0.4, 0.5) is 11.6 Å². The summed E-state index contributed by atoms with van der Waals surface area (Å²) in [6.07, 6.45) is 1.70. The van der Waals surface area contributed by atoms with Gasteiger partial charge in [0.1, 0.15) is 0 Å². The second-order valence-corrected chi connectivity index (χ2v) is 6.28. The van der Waals surface area contributed by atoms with E-state index in [4.69, 9.17) is 5.73 Å². The van der Waals surface area contributed by atoms with Gasteiger partial charge in [0, 0.05) is 12.1 Å². The Morgan fingerprint density at radius 2 is 1.96 bits per heavy atom. The number of nitrogens with two attached hydrogens (primary N) is 1. The average Bonchev–Trinajstić information content (AvgIpc) is 3.12. The van der Waals surface area contributed by atoms with Gasteiger partial charge in [0.2, 0.25) is 11.6 Å². The maximum atomic E-state index is 13.6. The first-order valence-electron chi connectivity index (χ1n) is 8.29. The maximum Gasteiger partial charge on any atom is 0.281 e. The summed E-state index contributed by atoms with van der Waals surface area (Å²) < 4.78 is 1.84. The highest BCUT2D eigenvalue weighted by Crippen LogP contribution is 2.47. The van der Waals surface area contributed by atoms with Crippen molar-refractivity contribution in [1.82, 2.24) is 9.55 Å². The maximum absolute atomic E-state index is 13.6. The molecule has 3 aromatic rings. The second-order valence-electron chi connectivity index (χ2n) is 6.28. The van der Waals surface area contributed by atoms with E-state index in [2.05, 4.69) is 21.9 Å². The summed E-state index contributed by atoms with van der Waals surface area (Å²) in [6.45, 7) is 4.17. The highest BCUT2D eigenvalue weighted by molar-refractivity contribution is 6.12. The van der Waals surface area contributed by atoms with Gasteiger partial charge in [-0.15, -0.1) is 6.58 Å². The van der Waals surface area contributed by atoms with Gasteiger partial charge in [-0.2, -0.15) is 0 Å². The van der Waals surface area contributed by atoms with Crippen molar-refractivity contribution in [2.75, 3.05) is 16.8 Å². The molecule has 2 aliphatic heterocycles. The molecule has 1 atom stereocenters. The monoisotopic (exact) mass is 344 g/mol. The van der Waals surface area contributed by atoms with Crippen LogP contribution in [0.2, 0.25) is 0 Å². The molecule has 0 radical (unpaired) electrons. The van der Waals surface area contributed by atoms with Crippen molar-refractivity contribution in [2.45, 2.75) is 5.66 Å². The number of aliphatic imine (C=N–C) groups is 1. The minimum atomic E-state index is -1.31. The minimum Gasteiger partial charge on any atom is -0.370 e. The third kappa shape index (κ3) is 1.64. The van der Waals surface area contributed by atoms with Crippen molar-refractivity contribution in [3.05, 3.63) is 66.7 Å². The smallest absolute Gasteiger partial charge is 0.281 e. The van der Waals surface area contributed by atoms with Gasteiger partial charge in [-0.25, -0.2) is 9.98 Å². The van der Waals surface area contributed by atoms with E-state index < -0.39 is 5.66 Å². The Labute approximate surface area is 149 Å². The Kier molecular flexibility index (Phi) is 2.80. The summed E-state index contributed by atoms with van der Waals surface area (Å²) in [5.74, 6) is 0.492. The zero-order chi connectivity index (χ0) is 17.9. The Balaban J connectivity index is 1.90. The molecule has 0 aliphatic carbocycles. The Morgan fingerprint density at radius 1 is 1.19 bits per heavy atom. The molecule has 0 unspecified atom stereocenters. The van der Waals surface area contributed by atoms with E-state index in [1.807, 2.05) is 53.1 Å². The number of benzene rings is 2. The molecule has 0 saturated heterocycles. The van der Waals surface area contributed by atoms with E-state index in [0.29, 0.717) is 12.5 Å². The van der Waals surface area contributed by atoms with Crippen molar-refractivity contribution in [2.24, 2.45) is 10.7 Å². The molecular formula is C19H16N6O. The SMILES string of the molecule is C=CCN1C(=O)[C@@]2(N=C(N)Nc3nc4ccccc4n32)c2ccccc21. The van der Waals surface area contributed by atoms with Crippen molar-refractivity contribution in [3.63, 3.8) is 0 Å². The highest BCUT2D eigenvalue weighted by atomic mass is 16.2. The van der Waals surface area contributed by atoms with Crippen molar-refractivity contribution < 1.29 is 4.79 Å². The van der Waals surface area contributed by atoms with Gasteiger partial charge in [-0.05, 0) is 18.2 Å². The number of carbonyl (C=O) groups is 1. The number of nitrogens with one attached hydrogen (secondary N) is 1. The van der Waals surface area contributed by atoms with Gasteiger partial charge in [0.25, 0.3) is 5.91 Å². The van der Waals surface area contributed by atoms with Crippen LogP contribution in [0.25, 0.3) is 11.0 Å². The largest absolute Gasteiger partial charge is 0.370 e. The lowest BCUT2D eigenvalue weighted by molar-refractivity contribution is -0.123. The molecule has 7 heteroatoms. The van der Waals surface area contributed by atoms with Gasteiger partial charge in [0.15, 0.2) is 5.96 Å². The van der Waals surface area contributed by atoms with Crippen LogP contribution in [-0.2, 0) is 10.5 Å². The molecular weight excluding hydrogens is 328 g/mol. The molecule has 2 aromatic carbocycles. The number of rotatable bonds is 2. The summed E-state index contributed by atoms with van der Waals surface area (Å²) in [4.78, 5) is 24.5. The standard InChI is InChI=1S/C19H16N6O/c1-2-11-24-14-9-5-3-7-12(14)19(16(24)26)23-17(20)22-18-21-13-8-4-6-10-15(13)25(18)19/h2-10H,1,11H2,(H3,20,21,22,23)/t19-/m1/s1. The van der Waals surface area contributed by atoms with E-state index in [-0.39, 0.29) is 11.9 Å². The first kappa shape index (κ1) is 14.7. The number of aromatic nitrogens is 2. The highest BCUT2D eigenvalue weighted by Gasteiger charge is 2.55. The summed E-state index contributed by atoms with van der Waals surface area (Å²) >= 11 is 0. The average molecular weight is 344 g/mol. The van der Waals surface area contributed by atoms with Crippen LogP contribution < -0.4 is 16.0 Å². The van der Waals surface area contributed by atoms with E-state index in [1.165, 1.54) is 0 Å². The third-order valence-electron chi connectivity index (χ3n) is 4.83. The molecule has 1 aromatic heterocycles. The van der Waals surface area contributed by atoms with Crippen molar-refractivity contribution in [1.29, 1.82) is 0 Å². The first-order valence-corrected chi connectivity index (χ1v) is 8.29. The number of nitrogens with zero attached hydrogens (tertiary/aromatic N) is 4. The Morgan fingerprint density at radius 3 is 2.81 bits per heavy atom. The number of fused-ring (bicyclic) bond motifs is 6. The topological polar surface area (TPSA) is 88.5 Å². The number of hydrogen-bond acceptors (Lipinski definition) is 5. The molecule has 0 fully saturated rings. The fourth-order valence-electron chi connectivity index (χ4n) is 3.86. The number of amides is 1. The van der Waals surface area contributed by atoms with Crippen LogP contribution in [0.15, 0.2) is 66.2 Å². The molecule has 7 nitrogen and oxygen atoms in total. The number of imidazole rings is 1. The molecule has 0 bridgehead atoms. The minimum absolute atomic E-state index is 0.163. The molecule has 3 heterocycles. The van der Waals surface area contributed by atoms with E-state index in [0.717, 1.165) is 22.3 Å². The number of hydrogen-bond donors (Lipinski definition) is 2. The van der Waals surface area contributed by atoms with Crippen molar-refractivity contribution in [3.8, 4) is 0 Å². The predicted octanol–water partition coefficient (Wildman–Crippen LogP) is 2.01. The van der Waals surface area contributed by atoms with E-state index in [9.17, 15) is 4.79 Å². The lowest BCUT2D eigenvalue weighted by Gasteiger charge is -2.32. The predicted molar refractivity (Wildman–Crippen MR) is 101 cm³/mol. The lowest BCUT2D eigenvalue weighted by Crippen LogP contribution is -2.49. The van der Waals surface area contributed by atoms with E-state index >= 15 is 0 Å². The van der Waals surface area contributed by atoms with Crippen LogP contribution in [0.1, 0.15) is 5.56 Å². The molecule has 3 N–H and O–H groups in total. The normalized spacial score (nSPS) is 20.7. The van der Waals surface area contributed by atoms with Crippen LogP contribution in [0.5, 0.6) is 0 Å². The molecule has 5 rings (SSSR count). The fourth-order valence-corrected chi connectivity index (χ4v) is 3.86. The molecule has 0 saturated carbocycles. The Hall–Kier alpha value is -3.61. The molecule has 128 valence electrons. The quantitative estimate of drug-likeness (QED) is 0.696. The molecule has 26 heavy (non-hydrogen) atoms. The number of anilines is 2. The van der Waals surface area contributed by atoms with Crippen LogP contribution in [0.3, 0.4) is 0 Å². The Bertz CT molecular complexity index is 1110.